The van der Waals surface area contributed by atoms with Crippen LogP contribution in [-0.2, 0) is 21.3 Å². The van der Waals surface area contributed by atoms with Crippen LogP contribution in [0.15, 0.2) is 4.90 Å². The summed E-state index contributed by atoms with van der Waals surface area (Å²) in [5.74, 6) is 0. The standard InChI is InChI=1S/C12H24N4O3S/c1-10-12(11(2)16(14-10)8-6-13)20(17,18)15(3)7-5-9-19-4/h5-9,13H2,1-4H3. The van der Waals surface area contributed by atoms with Crippen LogP contribution >= 0.6 is 0 Å². The molecule has 0 aromatic carbocycles. The minimum atomic E-state index is -3.52. The van der Waals surface area contributed by atoms with Crippen LogP contribution in [-0.4, -0.2) is 56.4 Å². The molecule has 20 heavy (non-hydrogen) atoms. The Balaban J connectivity index is 3.03. The molecule has 8 heteroatoms. The number of hydrogen-bond acceptors (Lipinski definition) is 5. The van der Waals surface area contributed by atoms with Crippen LogP contribution in [0.25, 0.3) is 0 Å². The Morgan fingerprint density at radius 3 is 2.60 bits per heavy atom. The normalized spacial score (nSPS) is 12.3. The molecule has 1 aromatic heterocycles. The van der Waals surface area contributed by atoms with Gasteiger partial charge >= 0.3 is 0 Å². The van der Waals surface area contributed by atoms with Gasteiger partial charge in [0.15, 0.2) is 0 Å². The zero-order chi connectivity index (χ0) is 15.3. The van der Waals surface area contributed by atoms with Crippen LogP contribution in [0.3, 0.4) is 0 Å². The van der Waals surface area contributed by atoms with Crippen LogP contribution in [0.1, 0.15) is 17.8 Å². The second-order valence-electron chi connectivity index (χ2n) is 4.68. The molecule has 0 aliphatic heterocycles. The summed E-state index contributed by atoms with van der Waals surface area (Å²) in [5, 5.41) is 4.25. The molecule has 1 rings (SSSR count). The van der Waals surface area contributed by atoms with Crippen molar-refractivity contribution in [1.82, 2.24) is 14.1 Å². The Labute approximate surface area is 120 Å². The summed E-state index contributed by atoms with van der Waals surface area (Å²) < 4.78 is 33.1. The van der Waals surface area contributed by atoms with Gasteiger partial charge in [0.2, 0.25) is 10.0 Å². The van der Waals surface area contributed by atoms with Crippen LogP contribution < -0.4 is 5.73 Å². The molecule has 0 fully saturated rings. The minimum Gasteiger partial charge on any atom is -0.385 e. The molecule has 0 aliphatic rings. The van der Waals surface area contributed by atoms with E-state index in [0.717, 1.165) is 0 Å². The van der Waals surface area contributed by atoms with Gasteiger partial charge in [-0.3, -0.25) is 4.68 Å². The van der Waals surface area contributed by atoms with Crippen molar-refractivity contribution in [3.8, 4) is 0 Å². The van der Waals surface area contributed by atoms with Gasteiger partial charge in [-0.05, 0) is 20.3 Å². The fraction of sp³-hybridized carbons (Fsp3) is 0.750. The highest BCUT2D eigenvalue weighted by Crippen LogP contribution is 2.22. The molecule has 0 bridgehead atoms. The third-order valence-electron chi connectivity index (χ3n) is 3.15. The third-order valence-corrected chi connectivity index (χ3v) is 5.26. The van der Waals surface area contributed by atoms with Crippen molar-refractivity contribution in [1.29, 1.82) is 0 Å². The molecule has 0 aliphatic carbocycles. The number of ether oxygens (including phenoxy) is 1. The molecule has 7 nitrogen and oxygen atoms in total. The summed E-state index contributed by atoms with van der Waals surface area (Å²) in [5.41, 5.74) is 6.64. The second kappa shape index (κ2) is 7.16. The highest BCUT2D eigenvalue weighted by Gasteiger charge is 2.28. The topological polar surface area (TPSA) is 90.5 Å². The molecule has 0 radical (unpaired) electrons. The van der Waals surface area contributed by atoms with Crippen LogP contribution in [0.5, 0.6) is 0 Å². The Bertz CT molecular complexity index is 539. The van der Waals surface area contributed by atoms with E-state index in [1.54, 1.807) is 32.7 Å². The van der Waals surface area contributed by atoms with E-state index in [-0.39, 0.29) is 4.90 Å². The Morgan fingerprint density at radius 1 is 1.40 bits per heavy atom. The zero-order valence-corrected chi connectivity index (χ0v) is 13.4. The molecule has 1 aromatic rings. The van der Waals surface area contributed by atoms with Crippen LogP contribution in [0.4, 0.5) is 0 Å². The quantitative estimate of drug-likeness (QED) is 0.689. The van der Waals surface area contributed by atoms with Crippen molar-refractivity contribution in [2.75, 3.05) is 33.9 Å². The smallest absolute Gasteiger partial charge is 0.246 e. The molecule has 0 saturated heterocycles. The number of aromatic nitrogens is 2. The van der Waals surface area contributed by atoms with E-state index in [0.29, 0.717) is 44.0 Å². The van der Waals surface area contributed by atoms with Gasteiger partial charge in [-0.25, -0.2) is 12.7 Å². The van der Waals surface area contributed by atoms with Crippen LogP contribution in [0, 0.1) is 13.8 Å². The molecule has 0 saturated carbocycles. The number of methoxy groups -OCH3 is 1. The SMILES string of the molecule is COCCCN(C)S(=O)(=O)c1c(C)nn(CCN)c1C. The predicted octanol–water partition coefficient (Wildman–Crippen LogP) is 0.116. The van der Waals surface area contributed by atoms with Crippen molar-refractivity contribution in [3.63, 3.8) is 0 Å². The lowest BCUT2D eigenvalue weighted by atomic mass is 10.4. The van der Waals surface area contributed by atoms with Crippen LogP contribution in [0.2, 0.25) is 0 Å². The first-order valence-corrected chi connectivity index (χ1v) is 7.99. The average molecular weight is 304 g/mol. The van der Waals surface area contributed by atoms with Crippen molar-refractivity contribution in [2.45, 2.75) is 31.7 Å². The number of aryl methyl sites for hydroxylation is 1. The summed E-state index contributed by atoms with van der Waals surface area (Å²) in [6.45, 7) is 5.34. The van der Waals surface area contributed by atoms with Gasteiger partial charge in [-0.15, -0.1) is 0 Å². The fourth-order valence-electron chi connectivity index (χ4n) is 2.10. The van der Waals surface area contributed by atoms with E-state index in [1.165, 1.54) is 4.31 Å². The Hall–Kier alpha value is -0.960. The Morgan fingerprint density at radius 2 is 2.05 bits per heavy atom. The third kappa shape index (κ3) is 3.57. The predicted molar refractivity (Wildman–Crippen MR) is 77.1 cm³/mol. The summed E-state index contributed by atoms with van der Waals surface area (Å²) >= 11 is 0. The lowest BCUT2D eigenvalue weighted by Gasteiger charge is -2.17. The first-order chi connectivity index (χ1) is 9.36. The molecule has 0 spiro atoms. The first-order valence-electron chi connectivity index (χ1n) is 6.55. The molecular formula is C12H24N4O3S. The lowest BCUT2D eigenvalue weighted by molar-refractivity contribution is 0.189. The van der Waals surface area contributed by atoms with Gasteiger partial charge in [0.25, 0.3) is 0 Å². The molecular weight excluding hydrogens is 280 g/mol. The number of rotatable bonds is 8. The molecule has 0 unspecified atom stereocenters. The molecule has 0 amide bonds. The minimum absolute atomic E-state index is 0.283. The monoisotopic (exact) mass is 304 g/mol. The lowest BCUT2D eigenvalue weighted by Crippen LogP contribution is -2.29. The van der Waals surface area contributed by atoms with E-state index >= 15 is 0 Å². The number of nitrogens with zero attached hydrogens (tertiary/aromatic N) is 3. The summed E-state index contributed by atoms with van der Waals surface area (Å²) in [4.78, 5) is 0.283. The van der Waals surface area contributed by atoms with Gasteiger partial charge in [0, 0.05) is 33.9 Å². The fourth-order valence-corrected chi connectivity index (χ4v) is 3.68. The van der Waals surface area contributed by atoms with Crippen molar-refractivity contribution in [2.24, 2.45) is 5.73 Å². The van der Waals surface area contributed by atoms with Gasteiger partial charge in [-0.2, -0.15) is 5.10 Å². The van der Waals surface area contributed by atoms with E-state index in [4.69, 9.17) is 10.5 Å². The molecule has 116 valence electrons. The average Bonchev–Trinajstić information content (AvgIpc) is 2.65. The zero-order valence-electron chi connectivity index (χ0n) is 12.6. The maximum Gasteiger partial charge on any atom is 0.246 e. The van der Waals surface area contributed by atoms with E-state index in [2.05, 4.69) is 5.10 Å². The van der Waals surface area contributed by atoms with Gasteiger partial charge in [-0.1, -0.05) is 0 Å². The highest BCUT2D eigenvalue weighted by atomic mass is 32.2. The van der Waals surface area contributed by atoms with Crippen molar-refractivity contribution in [3.05, 3.63) is 11.4 Å². The van der Waals surface area contributed by atoms with Gasteiger partial charge in [0.1, 0.15) is 4.90 Å². The largest absolute Gasteiger partial charge is 0.385 e. The number of hydrogen-bond donors (Lipinski definition) is 1. The van der Waals surface area contributed by atoms with E-state index in [9.17, 15) is 8.42 Å². The summed E-state index contributed by atoms with van der Waals surface area (Å²) in [6.07, 6.45) is 0.654. The Kier molecular flexibility index (Phi) is 6.12. The molecule has 2 N–H and O–H groups in total. The summed E-state index contributed by atoms with van der Waals surface area (Å²) in [6, 6.07) is 0. The summed E-state index contributed by atoms with van der Waals surface area (Å²) in [7, 11) is -0.354. The molecule has 1 heterocycles. The molecule has 0 atom stereocenters. The number of sulfonamides is 1. The van der Waals surface area contributed by atoms with Gasteiger partial charge < -0.3 is 10.5 Å². The maximum atomic E-state index is 12.6. The van der Waals surface area contributed by atoms with Crippen molar-refractivity contribution < 1.29 is 13.2 Å². The maximum absolute atomic E-state index is 12.6. The number of nitrogens with two attached hydrogens (primary N) is 1. The second-order valence-corrected chi connectivity index (χ2v) is 6.67. The van der Waals surface area contributed by atoms with E-state index < -0.39 is 10.0 Å². The first kappa shape index (κ1) is 17.1. The highest BCUT2D eigenvalue weighted by molar-refractivity contribution is 7.89. The van der Waals surface area contributed by atoms with E-state index in [1.807, 2.05) is 0 Å². The van der Waals surface area contributed by atoms with Gasteiger partial charge in [0.05, 0.1) is 17.9 Å². The van der Waals surface area contributed by atoms with Crippen molar-refractivity contribution >= 4 is 10.0 Å².